The second-order valence-electron chi connectivity index (χ2n) is 14.2. The highest BCUT2D eigenvalue weighted by molar-refractivity contribution is 5.95. The molecule has 0 unspecified atom stereocenters. The molecule has 196 valence electrons. The van der Waals surface area contributed by atoms with Crippen LogP contribution in [0.1, 0.15) is 105 Å². The van der Waals surface area contributed by atoms with Crippen LogP contribution in [-0.4, -0.2) is 42.4 Å². The summed E-state index contributed by atoms with van der Waals surface area (Å²) < 4.78 is 6.08. The molecule has 1 aliphatic heterocycles. The fourth-order valence-corrected chi connectivity index (χ4v) is 9.67. The van der Waals surface area contributed by atoms with E-state index in [0.717, 1.165) is 62.7 Å². The third-order valence-electron chi connectivity index (χ3n) is 11.5. The topological polar surface area (TPSA) is 46.6 Å². The molecule has 35 heavy (non-hydrogen) atoms. The number of carbonyl (C=O) groups excluding carboxylic acids is 2. The summed E-state index contributed by atoms with van der Waals surface area (Å²) in [5.74, 6) is 3.13. The van der Waals surface area contributed by atoms with E-state index in [9.17, 15) is 9.59 Å². The number of carbonyl (C=O) groups is 2. The lowest BCUT2D eigenvalue weighted by Crippen LogP contribution is -2.54. The van der Waals surface area contributed by atoms with Crippen molar-refractivity contribution < 1.29 is 14.3 Å². The second kappa shape index (κ2) is 9.30. The van der Waals surface area contributed by atoms with Gasteiger partial charge in [0, 0.05) is 13.1 Å². The van der Waals surface area contributed by atoms with E-state index in [1.54, 1.807) is 6.92 Å². The van der Waals surface area contributed by atoms with Crippen LogP contribution in [0.3, 0.4) is 0 Å². The van der Waals surface area contributed by atoms with Gasteiger partial charge in [0.2, 0.25) is 0 Å². The van der Waals surface area contributed by atoms with E-state index >= 15 is 0 Å². The van der Waals surface area contributed by atoms with E-state index in [-0.39, 0.29) is 17.5 Å². The van der Waals surface area contributed by atoms with Gasteiger partial charge in [0.05, 0.1) is 6.42 Å². The number of nitrogens with zero attached hydrogens (tertiary/aromatic N) is 1. The van der Waals surface area contributed by atoms with E-state index < -0.39 is 0 Å². The Morgan fingerprint density at radius 1 is 1.03 bits per heavy atom. The normalized spacial score (nSPS) is 42.9. The standard InChI is InChI=1S/C31H49NO3/c1-21(33)25-9-10-26-24-8-7-22-19-23(11-15-30(22,4)27(24)12-16-31(25,26)5)35-28(34)13-18-32-17-6-14-29(2,3)20-32/h9,22-24,26-27H,6-8,10-20H2,1-5H3/t22-,23-,24+,26+,27-,30-,31+/m0/s1. The molecule has 1 saturated heterocycles. The summed E-state index contributed by atoms with van der Waals surface area (Å²) >= 11 is 0. The minimum atomic E-state index is 0.0119. The molecule has 4 fully saturated rings. The number of ether oxygens (including phenoxy) is 1. The van der Waals surface area contributed by atoms with Gasteiger partial charge in [-0.1, -0.05) is 33.8 Å². The first-order valence-corrected chi connectivity index (χ1v) is 14.7. The number of ketones is 1. The van der Waals surface area contributed by atoms with Gasteiger partial charge in [-0.15, -0.1) is 0 Å². The average Bonchev–Trinajstić information content (AvgIpc) is 3.15. The highest BCUT2D eigenvalue weighted by atomic mass is 16.5. The van der Waals surface area contributed by atoms with Crippen LogP contribution in [-0.2, 0) is 14.3 Å². The van der Waals surface area contributed by atoms with Gasteiger partial charge in [0.1, 0.15) is 6.10 Å². The van der Waals surface area contributed by atoms with Crippen molar-refractivity contribution in [3.05, 3.63) is 11.6 Å². The Kier molecular flexibility index (Phi) is 6.77. The molecule has 0 N–H and O–H groups in total. The fraction of sp³-hybridized carbons (Fsp3) is 0.871. The van der Waals surface area contributed by atoms with Crippen molar-refractivity contribution in [2.75, 3.05) is 19.6 Å². The molecule has 4 nitrogen and oxygen atoms in total. The zero-order chi connectivity index (χ0) is 25.0. The molecule has 0 aromatic heterocycles. The Hall–Kier alpha value is -1.16. The van der Waals surface area contributed by atoms with Gasteiger partial charge in [0.15, 0.2) is 5.78 Å². The molecular weight excluding hydrogens is 434 g/mol. The largest absolute Gasteiger partial charge is 0.462 e. The lowest BCUT2D eigenvalue weighted by Gasteiger charge is -2.60. The lowest BCUT2D eigenvalue weighted by molar-refractivity contribution is -0.161. The Balaban J connectivity index is 1.16. The Morgan fingerprint density at radius 3 is 2.57 bits per heavy atom. The Bertz CT molecular complexity index is 876. The smallest absolute Gasteiger partial charge is 0.307 e. The SMILES string of the molecule is CC(=O)C1=CC[C@@H]2[C@H]3CC[C@H]4C[C@@H](OC(=O)CCN5CCCC(C)(C)C5)CC[C@]4(C)[C@H]3CC[C@]12C. The minimum Gasteiger partial charge on any atom is -0.462 e. The number of allylic oxidation sites excluding steroid dienone is 2. The third kappa shape index (κ3) is 4.66. The summed E-state index contributed by atoms with van der Waals surface area (Å²) in [6, 6.07) is 0. The molecule has 0 bridgehead atoms. The lowest BCUT2D eigenvalue weighted by atomic mass is 9.44. The minimum absolute atomic E-state index is 0.0119. The first-order chi connectivity index (χ1) is 16.5. The highest BCUT2D eigenvalue weighted by Gasteiger charge is 2.59. The van der Waals surface area contributed by atoms with Crippen molar-refractivity contribution >= 4 is 11.8 Å². The summed E-state index contributed by atoms with van der Waals surface area (Å²) in [5.41, 5.74) is 1.96. The van der Waals surface area contributed by atoms with Gasteiger partial charge in [-0.3, -0.25) is 9.59 Å². The third-order valence-corrected chi connectivity index (χ3v) is 11.5. The molecule has 3 saturated carbocycles. The Morgan fingerprint density at radius 2 is 1.83 bits per heavy atom. The van der Waals surface area contributed by atoms with E-state index in [0.29, 0.717) is 34.9 Å². The van der Waals surface area contributed by atoms with E-state index in [1.807, 2.05) is 0 Å². The van der Waals surface area contributed by atoms with Crippen LogP contribution in [0.4, 0.5) is 0 Å². The monoisotopic (exact) mass is 483 g/mol. The van der Waals surface area contributed by atoms with Gasteiger partial charge < -0.3 is 9.64 Å². The quantitative estimate of drug-likeness (QED) is 0.415. The zero-order valence-corrected chi connectivity index (χ0v) is 23.0. The molecule has 4 heteroatoms. The van der Waals surface area contributed by atoms with Crippen molar-refractivity contribution in [3.8, 4) is 0 Å². The fourth-order valence-electron chi connectivity index (χ4n) is 9.67. The van der Waals surface area contributed by atoms with Crippen LogP contribution in [0.2, 0.25) is 0 Å². The van der Waals surface area contributed by atoms with Crippen molar-refractivity contribution in [3.63, 3.8) is 0 Å². The maximum atomic E-state index is 12.7. The number of esters is 1. The summed E-state index contributed by atoms with van der Waals surface area (Å²) in [6.45, 7) is 14.4. The van der Waals surface area contributed by atoms with Crippen molar-refractivity contribution in [1.29, 1.82) is 0 Å². The number of likely N-dealkylation sites (tertiary alicyclic amines) is 1. The predicted molar refractivity (Wildman–Crippen MR) is 140 cm³/mol. The van der Waals surface area contributed by atoms with Crippen LogP contribution in [0.5, 0.6) is 0 Å². The van der Waals surface area contributed by atoms with E-state index in [1.165, 1.54) is 38.5 Å². The number of hydrogen-bond acceptors (Lipinski definition) is 4. The van der Waals surface area contributed by atoms with Crippen molar-refractivity contribution in [2.24, 2.45) is 39.9 Å². The van der Waals surface area contributed by atoms with Crippen LogP contribution in [0.25, 0.3) is 0 Å². The maximum absolute atomic E-state index is 12.7. The van der Waals surface area contributed by atoms with Crippen LogP contribution in [0.15, 0.2) is 11.6 Å². The molecule has 1 heterocycles. The van der Waals surface area contributed by atoms with Gasteiger partial charge in [0.25, 0.3) is 0 Å². The van der Waals surface area contributed by atoms with Crippen LogP contribution < -0.4 is 0 Å². The highest BCUT2D eigenvalue weighted by Crippen LogP contribution is 2.66. The summed E-state index contributed by atoms with van der Waals surface area (Å²) in [7, 11) is 0. The van der Waals surface area contributed by atoms with Crippen molar-refractivity contribution in [2.45, 2.75) is 111 Å². The summed E-state index contributed by atoms with van der Waals surface area (Å²) in [4.78, 5) is 27.5. The first-order valence-electron chi connectivity index (χ1n) is 14.7. The molecule has 5 aliphatic rings. The van der Waals surface area contributed by atoms with Crippen LogP contribution in [0, 0.1) is 39.9 Å². The summed E-state index contributed by atoms with van der Waals surface area (Å²) in [6.07, 6.45) is 14.8. The first kappa shape index (κ1) is 25.5. The number of rotatable bonds is 5. The van der Waals surface area contributed by atoms with Crippen LogP contribution >= 0.6 is 0 Å². The molecular formula is C31H49NO3. The predicted octanol–water partition coefficient (Wildman–Crippen LogP) is 6.58. The number of Topliss-reactive ketones (excluding diaryl/α,β-unsaturated/α-hetero) is 1. The van der Waals surface area contributed by atoms with E-state index in [2.05, 4.69) is 38.7 Å². The van der Waals surface area contributed by atoms with Gasteiger partial charge in [-0.05, 0) is 123 Å². The number of hydrogen-bond donors (Lipinski definition) is 0. The van der Waals surface area contributed by atoms with Gasteiger partial charge in [-0.25, -0.2) is 0 Å². The molecule has 5 rings (SSSR count). The average molecular weight is 484 g/mol. The molecule has 4 aliphatic carbocycles. The molecule has 0 spiro atoms. The molecule has 0 aromatic rings. The van der Waals surface area contributed by atoms with Crippen molar-refractivity contribution in [1.82, 2.24) is 4.90 Å². The molecule has 0 radical (unpaired) electrons. The maximum Gasteiger partial charge on any atom is 0.307 e. The second-order valence-corrected chi connectivity index (χ2v) is 14.2. The number of piperidine rings is 1. The van der Waals surface area contributed by atoms with E-state index in [4.69, 9.17) is 4.74 Å². The molecule has 0 amide bonds. The molecule has 7 atom stereocenters. The van der Waals surface area contributed by atoms with Gasteiger partial charge >= 0.3 is 5.97 Å². The van der Waals surface area contributed by atoms with Gasteiger partial charge in [-0.2, -0.15) is 0 Å². The molecule has 0 aromatic carbocycles. The number of fused-ring (bicyclic) bond motifs is 5. The summed E-state index contributed by atoms with van der Waals surface area (Å²) in [5, 5.41) is 0. The Labute approximate surface area is 213 Å². The zero-order valence-electron chi connectivity index (χ0n) is 23.0.